The van der Waals surface area contributed by atoms with Crippen molar-refractivity contribution in [1.82, 2.24) is 9.88 Å². The number of amides is 1. The van der Waals surface area contributed by atoms with E-state index < -0.39 is 11.7 Å². The predicted octanol–water partition coefficient (Wildman–Crippen LogP) is 4.23. The van der Waals surface area contributed by atoms with Gasteiger partial charge in [-0.05, 0) is 50.8 Å². The molecule has 0 unspecified atom stereocenters. The topological polar surface area (TPSA) is 59.5 Å². The molecule has 2 rings (SSSR count). The van der Waals surface area contributed by atoms with Gasteiger partial charge < -0.3 is 9.64 Å². The summed E-state index contributed by atoms with van der Waals surface area (Å²) in [5, 5.41) is 0. The number of pyridine rings is 1. The second kappa shape index (κ2) is 9.31. The summed E-state index contributed by atoms with van der Waals surface area (Å²) in [6.07, 6.45) is 2.28. The number of ketones is 1. The van der Waals surface area contributed by atoms with Crippen LogP contribution < -0.4 is 0 Å². The van der Waals surface area contributed by atoms with Crippen LogP contribution in [0, 0.1) is 0 Å². The van der Waals surface area contributed by atoms with Gasteiger partial charge in [0.25, 0.3) is 0 Å². The van der Waals surface area contributed by atoms with Gasteiger partial charge >= 0.3 is 6.09 Å². The van der Waals surface area contributed by atoms with Gasteiger partial charge in [0.15, 0.2) is 5.78 Å². The molecule has 0 saturated heterocycles. The molecule has 0 N–H and O–H groups in total. The van der Waals surface area contributed by atoms with Gasteiger partial charge in [0.05, 0.1) is 6.54 Å². The highest BCUT2D eigenvalue weighted by Crippen LogP contribution is 2.24. The van der Waals surface area contributed by atoms with E-state index in [0.717, 1.165) is 11.3 Å². The largest absolute Gasteiger partial charge is 0.444 e. The molecule has 27 heavy (non-hydrogen) atoms. The minimum absolute atomic E-state index is 0.00635. The minimum atomic E-state index is -0.583. The maximum atomic E-state index is 12.6. The summed E-state index contributed by atoms with van der Waals surface area (Å²) in [6.45, 7) is 5.44. The lowest BCUT2D eigenvalue weighted by Crippen LogP contribution is -2.37. The lowest BCUT2D eigenvalue weighted by Gasteiger charge is -2.25. The molecule has 0 aliphatic heterocycles. The number of ether oxygens (including phenoxy) is 1. The number of hydrogen-bond acceptors (Lipinski definition) is 4. The summed E-state index contributed by atoms with van der Waals surface area (Å²) < 4.78 is 5.31. The maximum absolute atomic E-state index is 12.6. The number of benzene rings is 1. The van der Waals surface area contributed by atoms with E-state index in [1.165, 1.54) is 4.90 Å². The molecule has 0 fully saturated rings. The van der Waals surface area contributed by atoms with Gasteiger partial charge in [0, 0.05) is 25.4 Å². The molecule has 1 aromatic heterocycles. The van der Waals surface area contributed by atoms with Crippen LogP contribution in [0.5, 0.6) is 0 Å². The van der Waals surface area contributed by atoms with Gasteiger partial charge in [-0.15, -0.1) is 0 Å². The summed E-state index contributed by atoms with van der Waals surface area (Å²) in [4.78, 5) is 30.4. The first-order valence-corrected chi connectivity index (χ1v) is 9.15. The molecule has 0 aliphatic carbocycles. The Morgan fingerprint density at radius 3 is 2.33 bits per heavy atom. The van der Waals surface area contributed by atoms with Crippen LogP contribution in [0.25, 0.3) is 0 Å². The second-order valence-corrected chi connectivity index (χ2v) is 7.71. The molecule has 5 heteroatoms. The summed E-state index contributed by atoms with van der Waals surface area (Å²) in [5.41, 5.74) is 1.45. The normalized spacial score (nSPS) is 12.3. The molecule has 1 atom stereocenters. The Kier molecular flexibility index (Phi) is 7.11. The summed E-state index contributed by atoms with van der Waals surface area (Å²) in [5.74, 6) is 0.00813. The Labute approximate surface area is 161 Å². The molecule has 5 nitrogen and oxygen atoms in total. The molecule has 0 spiro atoms. The van der Waals surface area contributed by atoms with E-state index in [1.807, 2.05) is 48.5 Å². The maximum Gasteiger partial charge on any atom is 0.410 e. The van der Waals surface area contributed by atoms with Crippen molar-refractivity contribution in [1.29, 1.82) is 0 Å². The summed E-state index contributed by atoms with van der Waals surface area (Å²) >= 11 is 0. The third-order valence-electron chi connectivity index (χ3n) is 4.05. The molecule has 2 aromatic rings. The van der Waals surface area contributed by atoms with Gasteiger partial charge in [-0.2, -0.15) is 0 Å². The standard InChI is InChI=1S/C22H28N2O3/c1-22(2,3)27-21(26)24(4)16-20(25)15-18(17-10-6-5-7-11-17)14-19-12-8-9-13-23-19/h5-13,18H,14-16H2,1-4H3/t18-/m1/s1. The predicted molar refractivity (Wildman–Crippen MR) is 106 cm³/mol. The minimum Gasteiger partial charge on any atom is -0.444 e. The lowest BCUT2D eigenvalue weighted by atomic mass is 9.89. The fraction of sp³-hybridized carbons (Fsp3) is 0.409. The molecule has 1 aromatic carbocycles. The Bertz CT molecular complexity index is 739. The van der Waals surface area contributed by atoms with Crippen LogP contribution in [-0.4, -0.2) is 41.0 Å². The van der Waals surface area contributed by atoms with Crippen molar-refractivity contribution in [2.45, 2.75) is 45.1 Å². The fourth-order valence-electron chi connectivity index (χ4n) is 2.81. The van der Waals surface area contributed by atoms with Crippen molar-refractivity contribution in [3.05, 3.63) is 66.0 Å². The highest BCUT2D eigenvalue weighted by atomic mass is 16.6. The average Bonchev–Trinajstić information content (AvgIpc) is 2.61. The molecule has 0 bridgehead atoms. The van der Waals surface area contributed by atoms with Crippen molar-refractivity contribution >= 4 is 11.9 Å². The van der Waals surface area contributed by atoms with E-state index in [4.69, 9.17) is 4.74 Å². The zero-order valence-corrected chi connectivity index (χ0v) is 16.5. The zero-order valence-electron chi connectivity index (χ0n) is 16.5. The molecule has 1 heterocycles. The van der Waals surface area contributed by atoms with Gasteiger partial charge in [-0.1, -0.05) is 36.4 Å². The van der Waals surface area contributed by atoms with E-state index in [2.05, 4.69) is 4.98 Å². The smallest absolute Gasteiger partial charge is 0.410 e. The Morgan fingerprint density at radius 2 is 1.74 bits per heavy atom. The van der Waals surface area contributed by atoms with E-state index >= 15 is 0 Å². The van der Waals surface area contributed by atoms with E-state index in [1.54, 1.807) is 34.0 Å². The first-order valence-electron chi connectivity index (χ1n) is 9.15. The van der Waals surface area contributed by atoms with Crippen molar-refractivity contribution in [3.63, 3.8) is 0 Å². The second-order valence-electron chi connectivity index (χ2n) is 7.71. The SMILES string of the molecule is CN(CC(=O)C[C@@H](Cc1ccccn1)c1ccccc1)C(=O)OC(C)(C)C. The van der Waals surface area contributed by atoms with E-state index in [-0.39, 0.29) is 18.2 Å². The lowest BCUT2D eigenvalue weighted by molar-refractivity contribution is -0.120. The van der Waals surface area contributed by atoms with Gasteiger partial charge in [-0.25, -0.2) is 4.79 Å². The molecule has 0 radical (unpaired) electrons. The number of Topliss-reactive ketones (excluding diaryl/α,β-unsaturated/α-hetero) is 1. The molecule has 144 valence electrons. The van der Waals surface area contributed by atoms with Crippen LogP contribution in [0.1, 0.15) is 44.4 Å². The van der Waals surface area contributed by atoms with Crippen LogP contribution in [0.15, 0.2) is 54.7 Å². The van der Waals surface area contributed by atoms with Gasteiger partial charge in [0.1, 0.15) is 5.60 Å². The Hall–Kier alpha value is -2.69. The third-order valence-corrected chi connectivity index (χ3v) is 4.05. The number of nitrogens with zero attached hydrogens (tertiary/aromatic N) is 2. The molecular formula is C22H28N2O3. The number of aromatic nitrogens is 1. The van der Waals surface area contributed by atoms with E-state index in [0.29, 0.717) is 12.8 Å². The number of likely N-dealkylation sites (N-methyl/N-ethyl adjacent to an activating group) is 1. The van der Waals surface area contributed by atoms with Crippen molar-refractivity contribution < 1.29 is 14.3 Å². The number of rotatable bonds is 7. The highest BCUT2D eigenvalue weighted by molar-refractivity contribution is 5.84. The molecular weight excluding hydrogens is 340 g/mol. The zero-order chi connectivity index (χ0) is 19.9. The average molecular weight is 368 g/mol. The third kappa shape index (κ3) is 7.21. The number of hydrogen-bond donors (Lipinski definition) is 0. The first kappa shape index (κ1) is 20.6. The summed E-state index contributed by atoms with van der Waals surface area (Å²) in [6, 6.07) is 15.7. The van der Waals surface area contributed by atoms with Gasteiger partial charge in [-0.3, -0.25) is 9.78 Å². The molecule has 0 aliphatic rings. The fourth-order valence-corrected chi connectivity index (χ4v) is 2.81. The summed E-state index contributed by atoms with van der Waals surface area (Å²) in [7, 11) is 1.59. The van der Waals surface area contributed by atoms with Crippen LogP contribution in [-0.2, 0) is 16.0 Å². The van der Waals surface area contributed by atoms with Crippen molar-refractivity contribution in [2.24, 2.45) is 0 Å². The highest BCUT2D eigenvalue weighted by Gasteiger charge is 2.23. The van der Waals surface area contributed by atoms with Gasteiger partial charge in [0.2, 0.25) is 0 Å². The molecule has 0 saturated carbocycles. The van der Waals surface area contributed by atoms with Crippen LogP contribution in [0.2, 0.25) is 0 Å². The monoisotopic (exact) mass is 368 g/mol. The van der Waals surface area contributed by atoms with Crippen molar-refractivity contribution in [2.75, 3.05) is 13.6 Å². The van der Waals surface area contributed by atoms with Crippen LogP contribution in [0.3, 0.4) is 0 Å². The Morgan fingerprint density at radius 1 is 1.07 bits per heavy atom. The van der Waals surface area contributed by atoms with E-state index in [9.17, 15) is 9.59 Å². The first-order chi connectivity index (χ1) is 12.7. The van der Waals surface area contributed by atoms with Crippen LogP contribution >= 0.6 is 0 Å². The molecule has 1 amide bonds. The van der Waals surface area contributed by atoms with Crippen LogP contribution in [0.4, 0.5) is 4.79 Å². The Balaban J connectivity index is 2.04. The number of carbonyl (C=O) groups excluding carboxylic acids is 2. The quantitative estimate of drug-likeness (QED) is 0.734. The number of carbonyl (C=O) groups is 2. The van der Waals surface area contributed by atoms with Crippen molar-refractivity contribution in [3.8, 4) is 0 Å².